The molecule has 0 amide bonds. The maximum Gasteiger partial charge on any atom is 0.133 e. The van der Waals surface area contributed by atoms with Crippen LogP contribution in [-0.2, 0) is 6.42 Å². The summed E-state index contributed by atoms with van der Waals surface area (Å²) in [4.78, 5) is 9.36. The molecule has 0 radical (unpaired) electrons. The van der Waals surface area contributed by atoms with Gasteiger partial charge in [-0.15, -0.1) is 0 Å². The predicted octanol–water partition coefficient (Wildman–Crippen LogP) is 6.67. The lowest BCUT2D eigenvalue weighted by molar-refractivity contribution is 0.157. The van der Waals surface area contributed by atoms with Gasteiger partial charge in [0.1, 0.15) is 28.6 Å². The molecular weight excluding hydrogens is 600 g/mol. The minimum absolute atomic E-state index is 0.204. The second-order valence-corrected chi connectivity index (χ2v) is 14.9. The Labute approximate surface area is 291 Å². The Bertz CT molecular complexity index is 1290. The number of hydrogen-bond donors (Lipinski definition) is 0. The molecule has 48 heavy (non-hydrogen) atoms. The van der Waals surface area contributed by atoms with Crippen LogP contribution >= 0.6 is 0 Å². The van der Waals surface area contributed by atoms with Gasteiger partial charge in [-0.3, -0.25) is 0 Å². The lowest BCUT2D eigenvalue weighted by Crippen LogP contribution is -2.28. The van der Waals surface area contributed by atoms with Gasteiger partial charge in [0.05, 0.1) is 25.4 Å². The van der Waals surface area contributed by atoms with Gasteiger partial charge < -0.3 is 38.5 Å². The molecule has 0 fully saturated rings. The SMILES string of the molecule is CN(C)CCCN(C)CCCCOc1ccc(C2COc3c(ccc4c3C=CC(C)(C)O4)C2)c(OCCCCN(C)CCCN(C)C)c1. The first-order valence-corrected chi connectivity index (χ1v) is 18.2. The molecule has 2 aromatic rings. The molecule has 8 heteroatoms. The lowest BCUT2D eigenvalue weighted by atomic mass is 9.88. The number of unbranched alkanes of at least 4 members (excludes halogenated alkanes) is 2. The number of ether oxygens (including phenoxy) is 4. The summed E-state index contributed by atoms with van der Waals surface area (Å²) < 4.78 is 25.5. The van der Waals surface area contributed by atoms with Gasteiger partial charge >= 0.3 is 0 Å². The Balaban J connectivity index is 1.34. The molecule has 0 bridgehead atoms. The summed E-state index contributed by atoms with van der Waals surface area (Å²) in [5.74, 6) is 3.85. The van der Waals surface area contributed by atoms with Crippen molar-refractivity contribution < 1.29 is 18.9 Å². The Morgan fingerprint density at radius 2 is 1.35 bits per heavy atom. The zero-order valence-corrected chi connectivity index (χ0v) is 31.4. The Morgan fingerprint density at radius 3 is 2.00 bits per heavy atom. The van der Waals surface area contributed by atoms with Crippen LogP contribution in [-0.4, -0.2) is 127 Å². The molecule has 2 aliphatic heterocycles. The van der Waals surface area contributed by atoms with E-state index in [-0.39, 0.29) is 11.5 Å². The van der Waals surface area contributed by atoms with Crippen molar-refractivity contribution >= 4 is 6.08 Å². The van der Waals surface area contributed by atoms with Gasteiger partial charge in [-0.25, -0.2) is 0 Å². The van der Waals surface area contributed by atoms with Crippen LogP contribution < -0.4 is 18.9 Å². The van der Waals surface area contributed by atoms with Crippen molar-refractivity contribution in [1.29, 1.82) is 0 Å². The highest BCUT2D eigenvalue weighted by Crippen LogP contribution is 2.44. The highest BCUT2D eigenvalue weighted by Gasteiger charge is 2.30. The second-order valence-electron chi connectivity index (χ2n) is 14.9. The fourth-order valence-electron chi connectivity index (χ4n) is 6.46. The molecule has 0 saturated heterocycles. The number of benzene rings is 2. The average Bonchev–Trinajstić information content (AvgIpc) is 3.03. The second kappa shape index (κ2) is 18.8. The van der Waals surface area contributed by atoms with Gasteiger partial charge in [-0.2, -0.15) is 0 Å². The van der Waals surface area contributed by atoms with Crippen molar-refractivity contribution in [3.63, 3.8) is 0 Å². The van der Waals surface area contributed by atoms with Gasteiger partial charge in [0.25, 0.3) is 0 Å². The summed E-state index contributed by atoms with van der Waals surface area (Å²) in [5.41, 5.74) is 3.15. The van der Waals surface area contributed by atoms with Crippen LogP contribution in [0.5, 0.6) is 23.0 Å². The van der Waals surface area contributed by atoms with E-state index in [0.29, 0.717) is 19.8 Å². The van der Waals surface area contributed by atoms with Crippen LogP contribution in [0.1, 0.15) is 75.0 Å². The Kier molecular flexibility index (Phi) is 14.9. The zero-order valence-electron chi connectivity index (χ0n) is 31.4. The molecule has 268 valence electrons. The summed E-state index contributed by atoms with van der Waals surface area (Å²) in [6.07, 6.45) is 11.9. The number of rotatable bonds is 21. The number of nitrogens with zero attached hydrogens (tertiary/aromatic N) is 4. The van der Waals surface area contributed by atoms with Gasteiger partial charge in [-0.05, 0) is 170 Å². The van der Waals surface area contributed by atoms with E-state index in [1.54, 1.807) is 0 Å². The van der Waals surface area contributed by atoms with Crippen LogP contribution in [0.25, 0.3) is 6.08 Å². The van der Waals surface area contributed by atoms with E-state index in [2.05, 4.69) is 118 Å². The summed E-state index contributed by atoms with van der Waals surface area (Å²) in [7, 11) is 13.0. The summed E-state index contributed by atoms with van der Waals surface area (Å²) in [6.45, 7) is 12.9. The molecule has 8 nitrogen and oxygen atoms in total. The third kappa shape index (κ3) is 12.3. The topological polar surface area (TPSA) is 49.9 Å². The van der Waals surface area contributed by atoms with E-state index >= 15 is 0 Å². The van der Waals surface area contributed by atoms with Crippen LogP contribution in [0.15, 0.2) is 36.4 Å². The van der Waals surface area contributed by atoms with E-state index in [0.717, 1.165) is 99.9 Å². The van der Waals surface area contributed by atoms with Gasteiger partial charge in [0.15, 0.2) is 0 Å². The highest BCUT2D eigenvalue weighted by atomic mass is 16.5. The van der Waals surface area contributed by atoms with Crippen LogP contribution in [0.4, 0.5) is 0 Å². The minimum atomic E-state index is -0.307. The van der Waals surface area contributed by atoms with Crippen LogP contribution in [0, 0.1) is 0 Å². The first-order chi connectivity index (χ1) is 23.0. The summed E-state index contributed by atoms with van der Waals surface area (Å²) in [6, 6.07) is 10.7. The van der Waals surface area contributed by atoms with Crippen LogP contribution in [0.2, 0.25) is 0 Å². The van der Waals surface area contributed by atoms with Crippen molar-refractivity contribution in [2.75, 3.05) is 101 Å². The molecule has 0 aliphatic carbocycles. The molecule has 0 N–H and O–H groups in total. The van der Waals surface area contributed by atoms with Crippen molar-refractivity contribution in [3.05, 3.63) is 53.1 Å². The van der Waals surface area contributed by atoms with Gasteiger partial charge in [0, 0.05) is 17.5 Å². The fourth-order valence-corrected chi connectivity index (χ4v) is 6.46. The fraction of sp³-hybridized carbons (Fsp3) is 0.650. The lowest BCUT2D eigenvalue weighted by Gasteiger charge is -2.32. The molecule has 2 aliphatic rings. The highest BCUT2D eigenvalue weighted by molar-refractivity contribution is 5.69. The van der Waals surface area contributed by atoms with Crippen molar-refractivity contribution in [3.8, 4) is 23.0 Å². The van der Waals surface area contributed by atoms with E-state index in [9.17, 15) is 0 Å². The average molecular weight is 665 g/mol. The predicted molar refractivity (Wildman–Crippen MR) is 199 cm³/mol. The van der Waals surface area contributed by atoms with Crippen molar-refractivity contribution in [2.45, 2.75) is 70.3 Å². The zero-order chi connectivity index (χ0) is 34.5. The number of fused-ring (bicyclic) bond motifs is 3. The Hall–Kier alpha value is -2.78. The van der Waals surface area contributed by atoms with E-state index in [1.165, 1.54) is 24.0 Å². The number of hydrogen-bond acceptors (Lipinski definition) is 8. The molecule has 1 atom stereocenters. The Morgan fingerprint density at radius 1 is 0.729 bits per heavy atom. The van der Waals surface area contributed by atoms with E-state index in [1.807, 2.05) is 0 Å². The van der Waals surface area contributed by atoms with E-state index < -0.39 is 0 Å². The maximum atomic E-state index is 6.54. The van der Waals surface area contributed by atoms with Crippen LogP contribution in [0.3, 0.4) is 0 Å². The van der Waals surface area contributed by atoms with Crippen molar-refractivity contribution in [2.24, 2.45) is 0 Å². The first kappa shape index (κ1) is 38.0. The quantitative estimate of drug-likeness (QED) is 0.137. The summed E-state index contributed by atoms with van der Waals surface area (Å²) >= 11 is 0. The largest absolute Gasteiger partial charge is 0.493 e. The minimum Gasteiger partial charge on any atom is -0.493 e. The molecule has 0 saturated carbocycles. The third-order valence-electron chi connectivity index (χ3n) is 9.27. The molecule has 1 unspecified atom stereocenters. The van der Waals surface area contributed by atoms with Crippen molar-refractivity contribution in [1.82, 2.24) is 19.6 Å². The standard InChI is InChI=1S/C40H64N4O4/c1-40(2)20-19-36-37(48-40)18-15-32-29-33(31-47-39(32)36)35-17-16-34(45-27-11-9-23-43(7)25-13-21-41(3)4)30-38(35)46-28-12-10-24-44(8)26-14-22-42(5)6/h15-20,30,33H,9-14,21-29,31H2,1-8H3. The third-order valence-corrected chi connectivity index (χ3v) is 9.27. The molecular formula is C40H64N4O4. The van der Waals surface area contributed by atoms with Gasteiger partial charge in [-0.1, -0.05) is 12.1 Å². The van der Waals surface area contributed by atoms with E-state index in [4.69, 9.17) is 18.9 Å². The molecule has 2 heterocycles. The monoisotopic (exact) mass is 664 g/mol. The summed E-state index contributed by atoms with van der Waals surface area (Å²) in [5, 5.41) is 0. The van der Waals surface area contributed by atoms with Gasteiger partial charge in [0.2, 0.25) is 0 Å². The molecule has 0 spiro atoms. The normalized spacial score (nSPS) is 16.6. The molecule has 2 aromatic carbocycles. The smallest absolute Gasteiger partial charge is 0.133 e. The molecule has 4 rings (SSSR count). The first-order valence-electron chi connectivity index (χ1n) is 18.2. The molecule has 0 aromatic heterocycles. The maximum absolute atomic E-state index is 6.54.